The fraction of sp³-hybridized carbons (Fsp3) is 1.00. The first kappa shape index (κ1) is 9.51. The van der Waals surface area contributed by atoms with Crippen LogP contribution in [-0.4, -0.2) is 6.54 Å². The Labute approximate surface area is 82.1 Å². The van der Waals surface area contributed by atoms with E-state index in [9.17, 15) is 0 Å². The van der Waals surface area contributed by atoms with Gasteiger partial charge in [0, 0.05) is 0 Å². The molecule has 0 aliphatic heterocycles. The highest BCUT2D eigenvalue weighted by atomic mass is 14.6. The second-order valence-electron chi connectivity index (χ2n) is 5.16. The van der Waals surface area contributed by atoms with Crippen LogP contribution in [0.3, 0.4) is 0 Å². The minimum Gasteiger partial charge on any atom is -0.330 e. The molecule has 0 heterocycles. The molecule has 2 aliphatic carbocycles. The zero-order valence-electron chi connectivity index (χ0n) is 8.84. The van der Waals surface area contributed by atoms with Gasteiger partial charge in [0.05, 0.1) is 0 Å². The minimum absolute atomic E-state index is 0.769. The van der Waals surface area contributed by atoms with Gasteiger partial charge in [-0.1, -0.05) is 32.6 Å². The van der Waals surface area contributed by atoms with Gasteiger partial charge in [-0.05, 0) is 43.1 Å². The molecule has 0 aromatic heterocycles. The summed E-state index contributed by atoms with van der Waals surface area (Å²) in [5, 5.41) is 0. The first-order valence-electron chi connectivity index (χ1n) is 6.03. The summed E-state index contributed by atoms with van der Waals surface area (Å²) in [6, 6.07) is 0. The molecule has 13 heavy (non-hydrogen) atoms. The van der Waals surface area contributed by atoms with Crippen molar-refractivity contribution in [2.24, 2.45) is 29.4 Å². The SMILES string of the molecule is CC(CN)C1CCCC2CCCC21. The average Bonchev–Trinajstić information content (AvgIpc) is 2.63. The van der Waals surface area contributed by atoms with Gasteiger partial charge in [0.25, 0.3) is 0 Å². The van der Waals surface area contributed by atoms with Crippen LogP contribution in [0.4, 0.5) is 0 Å². The van der Waals surface area contributed by atoms with Crippen LogP contribution in [0.1, 0.15) is 45.4 Å². The summed E-state index contributed by atoms with van der Waals surface area (Å²) in [5.74, 6) is 3.86. The van der Waals surface area contributed by atoms with Crippen molar-refractivity contribution in [3.05, 3.63) is 0 Å². The van der Waals surface area contributed by atoms with Gasteiger partial charge in [0.15, 0.2) is 0 Å². The molecule has 0 aromatic rings. The third kappa shape index (κ3) is 1.76. The molecule has 0 spiro atoms. The highest BCUT2D eigenvalue weighted by molar-refractivity contribution is 4.88. The summed E-state index contributed by atoms with van der Waals surface area (Å²) in [6.07, 6.45) is 8.94. The van der Waals surface area contributed by atoms with Gasteiger partial charge in [-0.2, -0.15) is 0 Å². The number of hydrogen-bond acceptors (Lipinski definition) is 1. The van der Waals surface area contributed by atoms with Gasteiger partial charge in [0.2, 0.25) is 0 Å². The number of hydrogen-bond donors (Lipinski definition) is 1. The van der Waals surface area contributed by atoms with Crippen molar-refractivity contribution in [3.63, 3.8) is 0 Å². The second kappa shape index (κ2) is 4.00. The summed E-state index contributed by atoms with van der Waals surface area (Å²) in [7, 11) is 0. The van der Waals surface area contributed by atoms with E-state index in [1.165, 1.54) is 38.5 Å². The number of nitrogens with two attached hydrogens (primary N) is 1. The van der Waals surface area contributed by atoms with Crippen LogP contribution < -0.4 is 5.73 Å². The van der Waals surface area contributed by atoms with Gasteiger partial charge in [-0.15, -0.1) is 0 Å². The Bertz CT molecular complexity index is 167. The van der Waals surface area contributed by atoms with E-state index in [1.54, 1.807) is 0 Å². The zero-order chi connectivity index (χ0) is 9.26. The molecule has 2 saturated carbocycles. The minimum atomic E-state index is 0.769. The van der Waals surface area contributed by atoms with Crippen molar-refractivity contribution in [1.82, 2.24) is 0 Å². The van der Waals surface area contributed by atoms with Gasteiger partial charge < -0.3 is 5.73 Å². The van der Waals surface area contributed by atoms with Crippen LogP contribution >= 0.6 is 0 Å². The van der Waals surface area contributed by atoms with E-state index in [-0.39, 0.29) is 0 Å². The monoisotopic (exact) mass is 181 g/mol. The van der Waals surface area contributed by atoms with Gasteiger partial charge in [0.1, 0.15) is 0 Å². The maximum atomic E-state index is 5.79. The Kier molecular flexibility index (Phi) is 2.92. The van der Waals surface area contributed by atoms with Crippen molar-refractivity contribution in [1.29, 1.82) is 0 Å². The fourth-order valence-corrected chi connectivity index (χ4v) is 3.70. The molecule has 4 unspecified atom stereocenters. The lowest BCUT2D eigenvalue weighted by Gasteiger charge is -2.37. The molecule has 0 aromatic carbocycles. The lowest BCUT2D eigenvalue weighted by atomic mass is 9.69. The summed E-state index contributed by atoms with van der Waals surface area (Å²) >= 11 is 0. The summed E-state index contributed by atoms with van der Waals surface area (Å²) in [4.78, 5) is 0. The predicted molar refractivity (Wildman–Crippen MR) is 56.4 cm³/mol. The molecular formula is C12H23N. The molecule has 2 rings (SSSR count). The van der Waals surface area contributed by atoms with E-state index in [2.05, 4.69) is 6.92 Å². The topological polar surface area (TPSA) is 26.0 Å². The van der Waals surface area contributed by atoms with Gasteiger partial charge >= 0.3 is 0 Å². The van der Waals surface area contributed by atoms with E-state index in [0.29, 0.717) is 0 Å². The van der Waals surface area contributed by atoms with Gasteiger partial charge in [-0.25, -0.2) is 0 Å². The van der Waals surface area contributed by atoms with Crippen LogP contribution in [0.25, 0.3) is 0 Å². The molecule has 0 bridgehead atoms. The molecule has 0 amide bonds. The molecule has 0 radical (unpaired) electrons. The van der Waals surface area contributed by atoms with Crippen LogP contribution in [0, 0.1) is 23.7 Å². The smallest absolute Gasteiger partial charge is 0.00488 e. The molecule has 2 fully saturated rings. The summed E-state index contributed by atoms with van der Waals surface area (Å²) in [6.45, 7) is 3.25. The maximum absolute atomic E-state index is 5.79. The quantitative estimate of drug-likeness (QED) is 0.696. The van der Waals surface area contributed by atoms with Crippen molar-refractivity contribution in [2.75, 3.05) is 6.54 Å². The lowest BCUT2D eigenvalue weighted by Crippen LogP contribution is -2.32. The van der Waals surface area contributed by atoms with Gasteiger partial charge in [-0.3, -0.25) is 0 Å². The standard InChI is InChI=1S/C12H23N/c1-9(8-13)11-6-2-4-10-5-3-7-12(10)11/h9-12H,2-8,13H2,1H3. The first-order valence-corrected chi connectivity index (χ1v) is 6.03. The van der Waals surface area contributed by atoms with E-state index in [1.807, 2.05) is 0 Å². The average molecular weight is 181 g/mol. The third-order valence-corrected chi connectivity index (χ3v) is 4.48. The van der Waals surface area contributed by atoms with E-state index < -0.39 is 0 Å². The fourth-order valence-electron chi connectivity index (χ4n) is 3.70. The Morgan fingerprint density at radius 1 is 1.15 bits per heavy atom. The van der Waals surface area contributed by atoms with Crippen molar-refractivity contribution >= 4 is 0 Å². The Hall–Kier alpha value is -0.0400. The summed E-state index contributed by atoms with van der Waals surface area (Å²) < 4.78 is 0. The molecule has 1 nitrogen and oxygen atoms in total. The maximum Gasteiger partial charge on any atom is -0.00488 e. The van der Waals surface area contributed by atoms with Crippen LogP contribution in [0.15, 0.2) is 0 Å². The largest absolute Gasteiger partial charge is 0.330 e. The van der Waals surface area contributed by atoms with Crippen LogP contribution in [0.2, 0.25) is 0 Å². The Morgan fingerprint density at radius 3 is 2.54 bits per heavy atom. The number of rotatable bonds is 2. The summed E-state index contributed by atoms with van der Waals surface area (Å²) in [5.41, 5.74) is 5.79. The highest BCUT2D eigenvalue weighted by Crippen LogP contribution is 2.47. The molecule has 2 aliphatic rings. The Morgan fingerprint density at radius 2 is 1.85 bits per heavy atom. The predicted octanol–water partition coefficient (Wildman–Crippen LogP) is 2.80. The van der Waals surface area contributed by atoms with Crippen molar-refractivity contribution < 1.29 is 0 Å². The van der Waals surface area contributed by atoms with Crippen molar-refractivity contribution in [3.8, 4) is 0 Å². The van der Waals surface area contributed by atoms with Crippen LogP contribution in [-0.2, 0) is 0 Å². The molecule has 1 heteroatoms. The van der Waals surface area contributed by atoms with Crippen LogP contribution in [0.5, 0.6) is 0 Å². The highest BCUT2D eigenvalue weighted by Gasteiger charge is 2.38. The van der Waals surface area contributed by atoms with E-state index in [0.717, 1.165) is 30.2 Å². The van der Waals surface area contributed by atoms with Crippen molar-refractivity contribution in [2.45, 2.75) is 45.4 Å². The molecule has 2 N–H and O–H groups in total. The number of fused-ring (bicyclic) bond motifs is 1. The lowest BCUT2D eigenvalue weighted by molar-refractivity contribution is 0.133. The van der Waals surface area contributed by atoms with E-state index in [4.69, 9.17) is 5.73 Å². The molecule has 0 saturated heterocycles. The second-order valence-corrected chi connectivity index (χ2v) is 5.16. The first-order chi connectivity index (χ1) is 6.33. The molecule has 4 atom stereocenters. The van der Waals surface area contributed by atoms with E-state index >= 15 is 0 Å². The normalized spacial score (nSPS) is 41.5. The Balaban J connectivity index is 2.01. The molecular weight excluding hydrogens is 158 g/mol. The third-order valence-electron chi connectivity index (χ3n) is 4.48. The zero-order valence-corrected chi connectivity index (χ0v) is 8.84. The molecule has 76 valence electrons.